The SMILES string of the molecule is C=CCOc1c(Cl)cc([C@@H]2NC(=O)NC(C)=C2C(=O)Nc2ccccc2C(=O)OC)cc1OCC. The van der Waals surface area contributed by atoms with E-state index in [1.807, 2.05) is 6.92 Å². The average Bonchev–Trinajstić information content (AvgIpc) is 2.82. The van der Waals surface area contributed by atoms with Crippen molar-refractivity contribution in [3.63, 3.8) is 0 Å². The van der Waals surface area contributed by atoms with E-state index in [1.165, 1.54) is 13.2 Å². The minimum Gasteiger partial charge on any atom is -0.490 e. The summed E-state index contributed by atoms with van der Waals surface area (Å²) in [5.74, 6) is -0.437. The minimum atomic E-state index is -0.862. The van der Waals surface area contributed by atoms with Gasteiger partial charge in [0, 0.05) is 5.70 Å². The molecule has 184 valence electrons. The molecular formula is C25H26ClN3O6. The second-order valence-electron chi connectivity index (χ2n) is 7.42. The van der Waals surface area contributed by atoms with E-state index in [-0.39, 0.29) is 28.5 Å². The lowest BCUT2D eigenvalue weighted by Crippen LogP contribution is -2.46. The maximum atomic E-state index is 13.4. The summed E-state index contributed by atoms with van der Waals surface area (Å²) in [5.41, 5.74) is 1.53. The molecule has 0 aliphatic carbocycles. The zero-order valence-corrected chi connectivity index (χ0v) is 20.3. The Morgan fingerprint density at radius 1 is 1.23 bits per heavy atom. The van der Waals surface area contributed by atoms with Crippen LogP contribution in [0.15, 0.2) is 60.3 Å². The van der Waals surface area contributed by atoms with Crippen LogP contribution in [-0.4, -0.2) is 38.2 Å². The van der Waals surface area contributed by atoms with Crippen LogP contribution in [0, 0.1) is 0 Å². The first-order chi connectivity index (χ1) is 16.8. The Hall–Kier alpha value is -3.98. The second-order valence-corrected chi connectivity index (χ2v) is 7.83. The molecule has 0 saturated carbocycles. The van der Waals surface area contributed by atoms with E-state index in [1.54, 1.807) is 43.3 Å². The number of esters is 1. The Balaban J connectivity index is 2.03. The fourth-order valence-corrected chi connectivity index (χ4v) is 3.89. The highest BCUT2D eigenvalue weighted by molar-refractivity contribution is 6.32. The van der Waals surface area contributed by atoms with Crippen molar-refractivity contribution in [2.45, 2.75) is 19.9 Å². The maximum absolute atomic E-state index is 13.4. The van der Waals surface area contributed by atoms with Crippen LogP contribution < -0.4 is 25.4 Å². The minimum absolute atomic E-state index is 0.191. The van der Waals surface area contributed by atoms with E-state index in [4.69, 9.17) is 25.8 Å². The summed E-state index contributed by atoms with van der Waals surface area (Å²) in [6.45, 7) is 7.61. The van der Waals surface area contributed by atoms with Crippen molar-refractivity contribution in [1.29, 1.82) is 0 Å². The van der Waals surface area contributed by atoms with Gasteiger partial charge in [-0.1, -0.05) is 36.4 Å². The summed E-state index contributed by atoms with van der Waals surface area (Å²) in [4.78, 5) is 37.9. The van der Waals surface area contributed by atoms with Gasteiger partial charge in [0.25, 0.3) is 5.91 Å². The number of para-hydroxylation sites is 1. The molecule has 10 heteroatoms. The molecule has 9 nitrogen and oxygen atoms in total. The number of hydrogen-bond acceptors (Lipinski definition) is 6. The largest absolute Gasteiger partial charge is 0.490 e. The normalized spacial score (nSPS) is 15.0. The fourth-order valence-electron chi connectivity index (χ4n) is 3.61. The van der Waals surface area contributed by atoms with Crippen LogP contribution in [0.2, 0.25) is 5.02 Å². The van der Waals surface area contributed by atoms with Gasteiger partial charge in [0.2, 0.25) is 0 Å². The third-order valence-electron chi connectivity index (χ3n) is 5.10. The Morgan fingerprint density at radius 3 is 2.66 bits per heavy atom. The number of nitrogens with one attached hydrogen (secondary N) is 3. The first-order valence-electron chi connectivity index (χ1n) is 10.8. The number of carbonyl (C=O) groups excluding carboxylic acids is 3. The quantitative estimate of drug-likeness (QED) is 0.349. The van der Waals surface area contributed by atoms with Crippen LogP contribution >= 0.6 is 11.6 Å². The molecule has 0 saturated heterocycles. The molecule has 0 radical (unpaired) electrons. The van der Waals surface area contributed by atoms with Crippen molar-refractivity contribution in [1.82, 2.24) is 10.6 Å². The summed E-state index contributed by atoms with van der Waals surface area (Å²) in [6.07, 6.45) is 1.58. The lowest BCUT2D eigenvalue weighted by Gasteiger charge is -2.29. The van der Waals surface area contributed by atoms with Gasteiger partial charge in [-0.25, -0.2) is 9.59 Å². The standard InChI is InChI=1S/C25H26ClN3O6/c1-5-11-35-22-17(26)12-15(13-19(22)34-6-2)21-20(14(3)27-25(32)29-21)23(30)28-18-10-8-7-9-16(18)24(31)33-4/h5,7-10,12-13,21H,1,6,11H2,2-4H3,(H,28,30)(H2,27,29,32)/t21-/m0/s1. The fraction of sp³-hybridized carbons (Fsp3) is 0.240. The molecule has 1 atom stereocenters. The van der Waals surface area contributed by atoms with E-state index < -0.39 is 23.9 Å². The third-order valence-corrected chi connectivity index (χ3v) is 5.39. The molecule has 3 rings (SSSR count). The number of ether oxygens (including phenoxy) is 3. The van der Waals surface area contributed by atoms with E-state index in [2.05, 4.69) is 22.5 Å². The number of benzene rings is 2. The van der Waals surface area contributed by atoms with Crippen molar-refractivity contribution in [2.75, 3.05) is 25.6 Å². The summed E-state index contributed by atoms with van der Waals surface area (Å²) < 4.78 is 16.1. The number of amides is 3. The van der Waals surface area contributed by atoms with Crippen molar-refractivity contribution in [3.05, 3.63) is 76.5 Å². The first-order valence-corrected chi connectivity index (χ1v) is 11.1. The molecule has 1 aliphatic rings. The number of methoxy groups -OCH3 is 1. The van der Waals surface area contributed by atoms with Crippen molar-refractivity contribution >= 4 is 35.2 Å². The second kappa shape index (κ2) is 11.4. The van der Waals surface area contributed by atoms with E-state index >= 15 is 0 Å². The molecule has 2 aromatic rings. The topological polar surface area (TPSA) is 115 Å². The number of rotatable bonds is 9. The maximum Gasteiger partial charge on any atom is 0.339 e. The Morgan fingerprint density at radius 2 is 1.97 bits per heavy atom. The molecule has 35 heavy (non-hydrogen) atoms. The summed E-state index contributed by atoms with van der Waals surface area (Å²) >= 11 is 6.49. The molecule has 2 aromatic carbocycles. The van der Waals surface area contributed by atoms with Crippen LogP contribution in [0.4, 0.5) is 10.5 Å². The molecule has 0 spiro atoms. The predicted molar refractivity (Wildman–Crippen MR) is 132 cm³/mol. The molecular weight excluding hydrogens is 474 g/mol. The van der Waals surface area contributed by atoms with Gasteiger partial charge in [0.15, 0.2) is 11.5 Å². The number of halogens is 1. The van der Waals surface area contributed by atoms with Gasteiger partial charge in [0.05, 0.1) is 41.6 Å². The first kappa shape index (κ1) is 25.6. The highest BCUT2D eigenvalue weighted by Gasteiger charge is 2.33. The number of allylic oxidation sites excluding steroid dienone is 1. The smallest absolute Gasteiger partial charge is 0.339 e. The molecule has 3 N–H and O–H groups in total. The number of hydrogen-bond donors (Lipinski definition) is 3. The molecule has 0 unspecified atom stereocenters. The van der Waals surface area contributed by atoms with E-state index in [9.17, 15) is 14.4 Å². The van der Waals surface area contributed by atoms with Crippen LogP contribution in [-0.2, 0) is 9.53 Å². The molecule has 3 amide bonds. The number of urea groups is 1. The molecule has 0 bridgehead atoms. The van der Waals surface area contributed by atoms with Crippen molar-refractivity contribution in [2.24, 2.45) is 0 Å². The van der Waals surface area contributed by atoms with Gasteiger partial charge in [-0.3, -0.25) is 4.79 Å². The Labute approximate surface area is 208 Å². The van der Waals surface area contributed by atoms with Gasteiger partial charge >= 0.3 is 12.0 Å². The summed E-state index contributed by atoms with van der Waals surface area (Å²) in [5, 5.41) is 8.36. The van der Waals surface area contributed by atoms with Gasteiger partial charge in [-0.05, 0) is 43.7 Å². The number of carbonyl (C=O) groups is 3. The van der Waals surface area contributed by atoms with Crippen LogP contribution in [0.25, 0.3) is 0 Å². The lowest BCUT2D eigenvalue weighted by atomic mass is 9.94. The number of anilines is 1. The van der Waals surface area contributed by atoms with Gasteiger partial charge in [0.1, 0.15) is 6.61 Å². The van der Waals surface area contributed by atoms with E-state index in [0.29, 0.717) is 29.4 Å². The zero-order chi connectivity index (χ0) is 25.5. The monoisotopic (exact) mass is 499 g/mol. The lowest BCUT2D eigenvalue weighted by molar-refractivity contribution is -0.113. The Kier molecular flexibility index (Phi) is 8.38. The van der Waals surface area contributed by atoms with Crippen molar-refractivity contribution in [3.8, 4) is 11.5 Å². The molecule has 1 aliphatic heterocycles. The predicted octanol–water partition coefficient (Wildman–Crippen LogP) is 4.36. The van der Waals surface area contributed by atoms with Crippen LogP contribution in [0.5, 0.6) is 11.5 Å². The van der Waals surface area contributed by atoms with Gasteiger partial charge < -0.3 is 30.2 Å². The zero-order valence-electron chi connectivity index (χ0n) is 19.6. The van der Waals surface area contributed by atoms with Gasteiger partial charge in [-0.2, -0.15) is 0 Å². The van der Waals surface area contributed by atoms with Crippen LogP contribution in [0.3, 0.4) is 0 Å². The highest BCUT2D eigenvalue weighted by Crippen LogP contribution is 2.40. The summed E-state index contributed by atoms with van der Waals surface area (Å²) in [7, 11) is 1.26. The summed E-state index contributed by atoms with van der Waals surface area (Å²) in [6, 6.07) is 8.37. The van der Waals surface area contributed by atoms with Gasteiger partial charge in [-0.15, -0.1) is 0 Å². The highest BCUT2D eigenvalue weighted by atomic mass is 35.5. The van der Waals surface area contributed by atoms with E-state index in [0.717, 1.165) is 0 Å². The molecule has 1 heterocycles. The molecule has 0 fully saturated rings. The molecule has 0 aromatic heterocycles. The third kappa shape index (κ3) is 5.75. The Bertz CT molecular complexity index is 1190. The average molecular weight is 500 g/mol. The van der Waals surface area contributed by atoms with Crippen LogP contribution in [0.1, 0.15) is 35.8 Å². The van der Waals surface area contributed by atoms with Crippen molar-refractivity contribution < 1.29 is 28.6 Å².